The standard InChI is InChI=1S/C13H26N2O4/c1-4-5-6-7-8-10(2)15-13(18)14-9-11(19-3)12(16)17/h10-11H,4-9H2,1-3H3,(H,16,17)(H2,14,15,18). The molecule has 2 unspecified atom stereocenters. The van der Waals surface area contributed by atoms with Gasteiger partial charge in [0.25, 0.3) is 0 Å². The van der Waals surface area contributed by atoms with Crippen LogP contribution >= 0.6 is 0 Å². The number of amides is 2. The summed E-state index contributed by atoms with van der Waals surface area (Å²) in [6.45, 7) is 4.06. The van der Waals surface area contributed by atoms with Crippen LogP contribution in [-0.4, -0.2) is 42.9 Å². The quantitative estimate of drug-likeness (QED) is 0.530. The molecule has 0 aromatic heterocycles. The summed E-state index contributed by atoms with van der Waals surface area (Å²) >= 11 is 0. The maximum absolute atomic E-state index is 11.5. The minimum Gasteiger partial charge on any atom is -0.479 e. The summed E-state index contributed by atoms with van der Waals surface area (Å²) in [4.78, 5) is 22.2. The van der Waals surface area contributed by atoms with Gasteiger partial charge < -0.3 is 20.5 Å². The van der Waals surface area contributed by atoms with Crippen LogP contribution in [0.2, 0.25) is 0 Å². The number of hydrogen-bond acceptors (Lipinski definition) is 3. The van der Waals surface area contributed by atoms with Crippen LogP contribution in [0.5, 0.6) is 0 Å². The molecule has 0 aromatic rings. The number of aliphatic carboxylic acids is 1. The van der Waals surface area contributed by atoms with Gasteiger partial charge >= 0.3 is 12.0 Å². The first-order chi connectivity index (χ1) is 9.01. The molecule has 0 aliphatic rings. The molecule has 2 atom stereocenters. The molecule has 0 radical (unpaired) electrons. The Labute approximate surface area is 114 Å². The van der Waals surface area contributed by atoms with Gasteiger partial charge in [-0.25, -0.2) is 9.59 Å². The minimum absolute atomic E-state index is 0.0414. The molecule has 3 N–H and O–H groups in total. The minimum atomic E-state index is -1.09. The van der Waals surface area contributed by atoms with Gasteiger partial charge in [-0.3, -0.25) is 0 Å². The van der Waals surface area contributed by atoms with E-state index in [9.17, 15) is 9.59 Å². The molecule has 0 saturated heterocycles. The largest absolute Gasteiger partial charge is 0.479 e. The zero-order chi connectivity index (χ0) is 14.7. The van der Waals surface area contributed by atoms with Crippen LogP contribution in [0.4, 0.5) is 4.79 Å². The van der Waals surface area contributed by atoms with E-state index in [0.29, 0.717) is 0 Å². The molecule has 0 bridgehead atoms. The molecule has 0 spiro atoms. The second-order valence-corrected chi connectivity index (χ2v) is 4.67. The van der Waals surface area contributed by atoms with Crippen LogP contribution in [0, 0.1) is 0 Å². The highest BCUT2D eigenvalue weighted by atomic mass is 16.5. The van der Waals surface area contributed by atoms with Gasteiger partial charge in [0.1, 0.15) is 0 Å². The molecule has 6 nitrogen and oxygen atoms in total. The number of carboxylic acids is 1. The van der Waals surface area contributed by atoms with E-state index in [1.54, 1.807) is 0 Å². The molecular weight excluding hydrogens is 248 g/mol. The lowest BCUT2D eigenvalue weighted by atomic mass is 10.1. The summed E-state index contributed by atoms with van der Waals surface area (Å²) in [5, 5.41) is 14.0. The highest BCUT2D eigenvalue weighted by molar-refractivity contribution is 5.76. The third-order valence-corrected chi connectivity index (χ3v) is 2.88. The Bertz CT molecular complexity index is 271. The van der Waals surface area contributed by atoms with E-state index in [1.165, 1.54) is 26.4 Å². The lowest BCUT2D eigenvalue weighted by Crippen LogP contribution is -2.45. The van der Waals surface area contributed by atoms with E-state index in [0.717, 1.165) is 12.8 Å². The fourth-order valence-electron chi connectivity index (χ4n) is 1.68. The van der Waals surface area contributed by atoms with Crippen LogP contribution in [0.1, 0.15) is 46.0 Å². The fraction of sp³-hybridized carbons (Fsp3) is 0.846. The second-order valence-electron chi connectivity index (χ2n) is 4.67. The molecule has 2 amide bonds. The molecule has 0 rings (SSSR count). The molecule has 19 heavy (non-hydrogen) atoms. The monoisotopic (exact) mass is 274 g/mol. The van der Waals surface area contributed by atoms with Crippen molar-refractivity contribution in [3.05, 3.63) is 0 Å². The Balaban J connectivity index is 3.75. The van der Waals surface area contributed by atoms with Crippen molar-refractivity contribution in [1.29, 1.82) is 0 Å². The molecule has 6 heteroatoms. The Morgan fingerprint density at radius 3 is 2.47 bits per heavy atom. The van der Waals surface area contributed by atoms with Gasteiger partial charge in [-0.05, 0) is 13.3 Å². The van der Waals surface area contributed by atoms with Gasteiger partial charge in [0.05, 0.1) is 6.54 Å². The smallest absolute Gasteiger partial charge is 0.334 e. The molecular formula is C13H26N2O4. The molecule has 0 heterocycles. The third kappa shape index (κ3) is 9.30. The fourth-order valence-corrected chi connectivity index (χ4v) is 1.68. The van der Waals surface area contributed by atoms with E-state index in [4.69, 9.17) is 9.84 Å². The number of hydrogen-bond donors (Lipinski definition) is 3. The van der Waals surface area contributed by atoms with E-state index in [1.807, 2.05) is 6.92 Å². The summed E-state index contributed by atoms with van der Waals surface area (Å²) in [5.74, 6) is -1.09. The van der Waals surface area contributed by atoms with Crippen molar-refractivity contribution < 1.29 is 19.4 Å². The van der Waals surface area contributed by atoms with Crippen molar-refractivity contribution >= 4 is 12.0 Å². The lowest BCUT2D eigenvalue weighted by molar-refractivity contribution is -0.147. The topological polar surface area (TPSA) is 87.7 Å². The van der Waals surface area contributed by atoms with Gasteiger partial charge in [-0.1, -0.05) is 32.6 Å². The van der Waals surface area contributed by atoms with Crippen molar-refractivity contribution in [2.24, 2.45) is 0 Å². The SMILES string of the molecule is CCCCCCC(C)NC(=O)NCC(OC)C(=O)O. The Kier molecular flexibility index (Phi) is 9.88. The Hall–Kier alpha value is -1.30. The van der Waals surface area contributed by atoms with Crippen LogP contribution in [-0.2, 0) is 9.53 Å². The first kappa shape index (κ1) is 17.7. The summed E-state index contributed by atoms with van der Waals surface area (Å²) in [6, 6.07) is -0.269. The number of urea groups is 1. The average molecular weight is 274 g/mol. The molecule has 0 aliphatic carbocycles. The van der Waals surface area contributed by atoms with Crippen molar-refractivity contribution in [3.8, 4) is 0 Å². The van der Waals surface area contributed by atoms with Gasteiger partial charge in [-0.2, -0.15) is 0 Å². The Morgan fingerprint density at radius 1 is 1.26 bits per heavy atom. The summed E-state index contributed by atoms with van der Waals surface area (Å²) < 4.78 is 4.72. The van der Waals surface area contributed by atoms with Crippen LogP contribution in [0.25, 0.3) is 0 Å². The van der Waals surface area contributed by atoms with Crippen LogP contribution < -0.4 is 10.6 Å². The zero-order valence-electron chi connectivity index (χ0n) is 12.1. The normalized spacial score (nSPS) is 13.6. The van der Waals surface area contributed by atoms with E-state index >= 15 is 0 Å². The highest BCUT2D eigenvalue weighted by Crippen LogP contribution is 2.04. The van der Waals surface area contributed by atoms with Gasteiger partial charge in [0.15, 0.2) is 6.10 Å². The maximum atomic E-state index is 11.5. The molecule has 0 saturated carbocycles. The van der Waals surface area contributed by atoms with Crippen molar-refractivity contribution in [2.45, 2.75) is 58.1 Å². The molecule has 0 aromatic carbocycles. The number of carbonyl (C=O) groups excluding carboxylic acids is 1. The predicted molar refractivity (Wildman–Crippen MR) is 73.2 cm³/mol. The third-order valence-electron chi connectivity index (χ3n) is 2.88. The first-order valence-electron chi connectivity index (χ1n) is 6.81. The van der Waals surface area contributed by atoms with Crippen LogP contribution in [0.3, 0.4) is 0 Å². The van der Waals surface area contributed by atoms with Crippen LogP contribution in [0.15, 0.2) is 0 Å². The number of carboxylic acid groups (broad SMARTS) is 1. The number of methoxy groups -OCH3 is 1. The number of nitrogens with one attached hydrogen (secondary N) is 2. The van der Waals surface area contributed by atoms with Gasteiger partial charge in [0.2, 0.25) is 0 Å². The summed E-state index contributed by atoms with van der Waals surface area (Å²) in [5.41, 5.74) is 0. The molecule has 112 valence electrons. The second kappa shape index (κ2) is 10.6. The molecule has 0 aliphatic heterocycles. The van der Waals surface area contributed by atoms with Crippen molar-refractivity contribution in [1.82, 2.24) is 10.6 Å². The van der Waals surface area contributed by atoms with Gasteiger partial charge in [-0.15, -0.1) is 0 Å². The summed E-state index contributed by atoms with van der Waals surface area (Å²) in [7, 11) is 1.30. The van der Waals surface area contributed by atoms with Gasteiger partial charge in [0, 0.05) is 13.2 Å². The van der Waals surface area contributed by atoms with Crippen molar-refractivity contribution in [2.75, 3.05) is 13.7 Å². The number of ether oxygens (including phenoxy) is 1. The average Bonchev–Trinajstić information content (AvgIpc) is 2.35. The van der Waals surface area contributed by atoms with E-state index in [2.05, 4.69) is 17.6 Å². The molecule has 0 fully saturated rings. The summed E-state index contributed by atoms with van der Waals surface area (Å²) in [6.07, 6.45) is 4.59. The lowest BCUT2D eigenvalue weighted by Gasteiger charge is -2.16. The number of rotatable bonds is 10. The maximum Gasteiger partial charge on any atom is 0.334 e. The predicted octanol–water partition coefficient (Wildman–Crippen LogP) is 1.74. The van der Waals surface area contributed by atoms with E-state index < -0.39 is 12.1 Å². The number of unbranched alkanes of at least 4 members (excludes halogenated alkanes) is 3. The highest BCUT2D eigenvalue weighted by Gasteiger charge is 2.17. The zero-order valence-corrected chi connectivity index (χ0v) is 12.1. The van der Waals surface area contributed by atoms with E-state index in [-0.39, 0.29) is 18.6 Å². The first-order valence-corrected chi connectivity index (χ1v) is 6.81. The Morgan fingerprint density at radius 2 is 1.95 bits per heavy atom. The van der Waals surface area contributed by atoms with Crippen molar-refractivity contribution in [3.63, 3.8) is 0 Å². The number of carbonyl (C=O) groups is 2.